The molecule has 0 fully saturated rings. The molecule has 0 atom stereocenters. The molecular formula is C8H7N3O3. The van der Waals surface area contributed by atoms with Crippen LogP contribution in [-0.2, 0) is 0 Å². The molecule has 0 spiro atoms. The first-order valence-corrected chi connectivity index (χ1v) is 3.80. The van der Waals surface area contributed by atoms with Gasteiger partial charge in [0.05, 0.1) is 0 Å². The van der Waals surface area contributed by atoms with E-state index in [0.717, 1.165) is 0 Å². The van der Waals surface area contributed by atoms with Crippen LogP contribution in [0, 0.1) is 0 Å². The number of nitrogens with two attached hydrogens (primary N) is 1. The van der Waals surface area contributed by atoms with Gasteiger partial charge in [-0.25, -0.2) is 4.63 Å². The van der Waals surface area contributed by atoms with Crippen LogP contribution in [0.2, 0.25) is 0 Å². The average Bonchev–Trinajstić information content (AvgIpc) is 2.52. The van der Waals surface area contributed by atoms with Crippen LogP contribution in [-0.4, -0.2) is 15.4 Å². The summed E-state index contributed by atoms with van der Waals surface area (Å²) >= 11 is 0. The minimum Gasteiger partial charge on any atom is -0.508 e. The van der Waals surface area contributed by atoms with E-state index in [1.165, 1.54) is 12.1 Å². The lowest BCUT2D eigenvalue weighted by molar-refractivity contribution is 0.290. The highest BCUT2D eigenvalue weighted by atomic mass is 16.6. The Morgan fingerprint density at radius 3 is 2.86 bits per heavy atom. The van der Waals surface area contributed by atoms with Crippen molar-refractivity contribution in [1.82, 2.24) is 10.3 Å². The number of benzene rings is 1. The van der Waals surface area contributed by atoms with Gasteiger partial charge in [-0.2, -0.15) is 0 Å². The van der Waals surface area contributed by atoms with Crippen LogP contribution in [0.15, 0.2) is 28.9 Å². The molecule has 0 aliphatic carbocycles. The van der Waals surface area contributed by atoms with Crippen LogP contribution in [0.1, 0.15) is 0 Å². The summed E-state index contributed by atoms with van der Waals surface area (Å²) in [4.78, 5) is 0. The Kier molecular flexibility index (Phi) is 1.94. The summed E-state index contributed by atoms with van der Waals surface area (Å²) in [6.45, 7) is 0. The highest BCUT2D eigenvalue weighted by molar-refractivity contribution is 5.41. The number of phenolic OH excluding ortho intramolecular Hbond substituents is 1. The second-order valence-electron chi connectivity index (χ2n) is 2.55. The summed E-state index contributed by atoms with van der Waals surface area (Å²) in [6, 6.07) is 6.23. The summed E-state index contributed by atoms with van der Waals surface area (Å²) in [5.41, 5.74) is 5.37. The van der Waals surface area contributed by atoms with Gasteiger partial charge in [-0.05, 0) is 22.4 Å². The van der Waals surface area contributed by atoms with Crippen molar-refractivity contribution in [2.45, 2.75) is 0 Å². The number of nitrogens with zero attached hydrogens (tertiary/aromatic N) is 2. The SMILES string of the molecule is Nc1nonc1Oc1cccc(O)c1. The number of hydrogen-bond donors (Lipinski definition) is 2. The van der Waals surface area contributed by atoms with Crippen molar-refractivity contribution in [3.05, 3.63) is 24.3 Å². The van der Waals surface area contributed by atoms with Gasteiger partial charge in [0.25, 0.3) is 0 Å². The fraction of sp³-hybridized carbons (Fsp3) is 0. The van der Waals surface area contributed by atoms with Crippen LogP contribution in [0.3, 0.4) is 0 Å². The van der Waals surface area contributed by atoms with Gasteiger partial charge in [0.1, 0.15) is 11.5 Å². The molecule has 0 amide bonds. The lowest BCUT2D eigenvalue weighted by Gasteiger charge is -2.00. The number of nitrogen functional groups attached to an aromatic ring is 1. The molecule has 2 rings (SSSR count). The largest absolute Gasteiger partial charge is 0.508 e. The maximum atomic E-state index is 9.14. The summed E-state index contributed by atoms with van der Waals surface area (Å²) in [5.74, 6) is 0.647. The number of phenols is 1. The number of aromatic hydroxyl groups is 1. The molecule has 0 saturated carbocycles. The fourth-order valence-electron chi connectivity index (χ4n) is 0.917. The van der Waals surface area contributed by atoms with Gasteiger partial charge >= 0.3 is 5.88 Å². The zero-order valence-electron chi connectivity index (χ0n) is 7.04. The molecule has 0 unspecified atom stereocenters. The van der Waals surface area contributed by atoms with E-state index < -0.39 is 0 Å². The third-order valence-corrected chi connectivity index (χ3v) is 1.51. The molecule has 2 aromatic rings. The molecule has 3 N–H and O–H groups in total. The number of rotatable bonds is 2. The lowest BCUT2D eigenvalue weighted by Crippen LogP contribution is -1.90. The zero-order chi connectivity index (χ0) is 9.97. The summed E-state index contributed by atoms with van der Waals surface area (Å²) < 4.78 is 9.51. The Balaban J connectivity index is 2.23. The van der Waals surface area contributed by atoms with Gasteiger partial charge in [-0.3, -0.25) is 0 Å². The van der Waals surface area contributed by atoms with Gasteiger partial charge < -0.3 is 15.6 Å². The van der Waals surface area contributed by atoms with Crippen molar-refractivity contribution in [1.29, 1.82) is 0 Å². The Bertz CT molecular complexity index is 441. The topological polar surface area (TPSA) is 94.4 Å². The molecule has 1 aromatic heterocycles. The third-order valence-electron chi connectivity index (χ3n) is 1.51. The Hall–Kier alpha value is -2.24. The van der Waals surface area contributed by atoms with Crippen molar-refractivity contribution < 1.29 is 14.5 Å². The monoisotopic (exact) mass is 193 g/mol. The first-order valence-electron chi connectivity index (χ1n) is 3.80. The van der Waals surface area contributed by atoms with E-state index in [1.54, 1.807) is 12.1 Å². The fourth-order valence-corrected chi connectivity index (χ4v) is 0.917. The smallest absolute Gasteiger partial charge is 0.305 e. The minimum absolute atomic E-state index is 0.0633. The predicted molar refractivity (Wildman–Crippen MR) is 46.9 cm³/mol. The van der Waals surface area contributed by atoms with Gasteiger partial charge in [0.2, 0.25) is 5.82 Å². The van der Waals surface area contributed by atoms with Gasteiger partial charge in [-0.1, -0.05) is 6.07 Å². The van der Waals surface area contributed by atoms with Crippen molar-refractivity contribution in [3.8, 4) is 17.4 Å². The molecule has 6 nitrogen and oxygen atoms in total. The first-order chi connectivity index (χ1) is 6.75. The minimum atomic E-state index is 0.0633. The van der Waals surface area contributed by atoms with Crippen molar-refractivity contribution in [2.75, 3.05) is 5.73 Å². The lowest BCUT2D eigenvalue weighted by atomic mass is 10.3. The maximum absolute atomic E-state index is 9.14. The summed E-state index contributed by atoms with van der Waals surface area (Å²) in [5, 5.41) is 15.9. The molecule has 0 saturated heterocycles. The van der Waals surface area contributed by atoms with Crippen LogP contribution < -0.4 is 10.5 Å². The number of hydrogen-bond acceptors (Lipinski definition) is 6. The quantitative estimate of drug-likeness (QED) is 0.742. The number of ether oxygens (including phenoxy) is 1. The maximum Gasteiger partial charge on any atom is 0.305 e. The molecule has 6 heteroatoms. The zero-order valence-corrected chi connectivity index (χ0v) is 7.04. The molecule has 0 aliphatic heterocycles. The molecule has 0 bridgehead atoms. The third kappa shape index (κ3) is 1.58. The predicted octanol–water partition coefficient (Wildman–Crippen LogP) is 1.15. The highest BCUT2D eigenvalue weighted by Gasteiger charge is 2.08. The van der Waals surface area contributed by atoms with E-state index in [4.69, 9.17) is 15.6 Å². The van der Waals surface area contributed by atoms with Gasteiger partial charge in [0, 0.05) is 6.07 Å². The van der Waals surface area contributed by atoms with Crippen molar-refractivity contribution >= 4 is 5.82 Å². The van der Waals surface area contributed by atoms with Crippen LogP contribution >= 0.6 is 0 Å². The van der Waals surface area contributed by atoms with E-state index in [-0.39, 0.29) is 17.4 Å². The Morgan fingerprint density at radius 1 is 1.36 bits per heavy atom. The molecule has 1 heterocycles. The number of aromatic nitrogens is 2. The van der Waals surface area contributed by atoms with Crippen molar-refractivity contribution in [3.63, 3.8) is 0 Å². The highest BCUT2D eigenvalue weighted by Crippen LogP contribution is 2.25. The van der Waals surface area contributed by atoms with E-state index >= 15 is 0 Å². The molecule has 14 heavy (non-hydrogen) atoms. The second-order valence-corrected chi connectivity index (χ2v) is 2.55. The molecule has 0 radical (unpaired) electrons. The standard InChI is InChI=1S/C8H7N3O3/c9-7-8(11-14-10-7)13-6-3-1-2-5(12)4-6/h1-4,12H,(H2,9,10). The first kappa shape index (κ1) is 8.36. The normalized spacial score (nSPS) is 10.0. The Labute approximate surface area is 78.9 Å². The van der Waals surface area contributed by atoms with Gasteiger partial charge in [0.15, 0.2) is 0 Å². The van der Waals surface area contributed by atoms with Gasteiger partial charge in [-0.15, -0.1) is 0 Å². The number of anilines is 1. The molecule has 0 aliphatic rings. The van der Waals surface area contributed by atoms with Crippen LogP contribution in [0.5, 0.6) is 17.4 Å². The molecule has 72 valence electrons. The van der Waals surface area contributed by atoms with E-state index in [9.17, 15) is 0 Å². The molecular weight excluding hydrogens is 186 g/mol. The van der Waals surface area contributed by atoms with Crippen LogP contribution in [0.4, 0.5) is 5.82 Å². The van der Waals surface area contributed by atoms with E-state index in [2.05, 4.69) is 14.9 Å². The average molecular weight is 193 g/mol. The summed E-state index contributed by atoms with van der Waals surface area (Å²) in [7, 11) is 0. The van der Waals surface area contributed by atoms with Crippen LogP contribution in [0.25, 0.3) is 0 Å². The molecule has 1 aromatic carbocycles. The summed E-state index contributed by atoms with van der Waals surface area (Å²) in [6.07, 6.45) is 0. The van der Waals surface area contributed by atoms with E-state index in [0.29, 0.717) is 5.75 Å². The second kappa shape index (κ2) is 3.25. The van der Waals surface area contributed by atoms with E-state index in [1.807, 2.05) is 0 Å². The van der Waals surface area contributed by atoms with Crippen molar-refractivity contribution in [2.24, 2.45) is 0 Å². The Morgan fingerprint density at radius 2 is 2.21 bits per heavy atom.